The van der Waals surface area contributed by atoms with Gasteiger partial charge in [0.15, 0.2) is 0 Å². The highest BCUT2D eigenvalue weighted by Crippen LogP contribution is 2.54. The predicted molar refractivity (Wildman–Crippen MR) is 328 cm³/mol. The van der Waals surface area contributed by atoms with Crippen LogP contribution in [0.3, 0.4) is 0 Å². The lowest BCUT2D eigenvalue weighted by Crippen LogP contribution is -2.60. The first-order valence-electron chi connectivity index (χ1n) is 26.5. The Morgan fingerprint density at radius 1 is 0.355 bits per heavy atom. The van der Waals surface area contributed by atoms with Crippen molar-refractivity contribution in [3.8, 4) is 33.4 Å². The van der Waals surface area contributed by atoms with E-state index in [1.54, 1.807) is 0 Å². The number of rotatable bonds is 5. The molecule has 0 amide bonds. The number of fused-ring (bicyclic) bond motifs is 10. The largest absolute Gasteiger partial charge is 0.310 e. The fourth-order valence-electron chi connectivity index (χ4n) is 11.8. The second-order valence-corrected chi connectivity index (χ2v) is 24.7. The van der Waals surface area contributed by atoms with Crippen LogP contribution in [0.25, 0.3) is 43.5 Å². The number of hydrogen-bond acceptors (Lipinski definition) is 5. The van der Waals surface area contributed by atoms with E-state index in [2.05, 4.69) is 287 Å². The maximum absolute atomic E-state index is 2.60. The van der Waals surface area contributed by atoms with Gasteiger partial charge in [0.25, 0.3) is 6.71 Å². The molecule has 76 heavy (non-hydrogen) atoms. The third-order valence-corrected chi connectivity index (χ3v) is 18.1. The molecule has 0 saturated heterocycles. The molecule has 0 unspecified atom stereocenters. The van der Waals surface area contributed by atoms with E-state index in [1.165, 1.54) is 103 Å². The molecule has 1 aromatic heterocycles. The molecule has 0 atom stereocenters. The molecule has 0 saturated carbocycles. The van der Waals surface area contributed by atoms with Gasteiger partial charge in [-0.15, -0.1) is 11.3 Å². The first-order chi connectivity index (χ1) is 36.9. The van der Waals surface area contributed by atoms with Gasteiger partial charge in [0, 0.05) is 58.8 Å². The number of thiophene rings is 1. The summed E-state index contributed by atoms with van der Waals surface area (Å²) >= 11 is 3.82. The Balaban J connectivity index is 1.06. The lowest BCUT2D eigenvalue weighted by Gasteiger charge is -2.44. The molecule has 4 heterocycles. The van der Waals surface area contributed by atoms with Crippen LogP contribution in [0.15, 0.2) is 240 Å². The molecule has 0 spiro atoms. The van der Waals surface area contributed by atoms with Gasteiger partial charge < -0.3 is 14.7 Å². The number of nitrogens with zero attached hydrogens (tertiary/aromatic N) is 3. The van der Waals surface area contributed by atoms with Crippen LogP contribution in [-0.2, 0) is 10.8 Å². The molecule has 366 valence electrons. The summed E-state index contributed by atoms with van der Waals surface area (Å²) in [5.41, 5.74) is 23.1. The molecular formula is C70H56BN3S2. The van der Waals surface area contributed by atoms with E-state index in [0.717, 1.165) is 28.4 Å². The molecule has 3 aliphatic rings. The zero-order chi connectivity index (χ0) is 51.5. The summed E-state index contributed by atoms with van der Waals surface area (Å²) in [7, 11) is 0. The van der Waals surface area contributed by atoms with E-state index in [9.17, 15) is 0 Å². The fraction of sp³-hybridized carbons (Fsp3) is 0.114. The summed E-state index contributed by atoms with van der Waals surface area (Å²) in [6, 6.07) is 86.8. The highest BCUT2D eigenvalue weighted by molar-refractivity contribution is 7.99. The zero-order valence-corrected chi connectivity index (χ0v) is 45.3. The summed E-state index contributed by atoms with van der Waals surface area (Å²) < 4.78 is 2.65. The third-order valence-electron chi connectivity index (χ3n) is 15.8. The lowest BCUT2D eigenvalue weighted by molar-refractivity contribution is 0.590. The van der Waals surface area contributed by atoms with Gasteiger partial charge in [0.1, 0.15) is 0 Å². The van der Waals surface area contributed by atoms with E-state index in [-0.39, 0.29) is 17.5 Å². The van der Waals surface area contributed by atoms with E-state index in [0.29, 0.717) is 0 Å². The maximum atomic E-state index is 2.60. The van der Waals surface area contributed by atoms with E-state index in [4.69, 9.17) is 0 Å². The molecule has 14 rings (SSSR count). The Hall–Kier alpha value is -8.03. The molecule has 10 aromatic carbocycles. The summed E-state index contributed by atoms with van der Waals surface area (Å²) in [5, 5.41) is 1.28. The second-order valence-electron chi connectivity index (χ2n) is 22.6. The van der Waals surface area contributed by atoms with Crippen LogP contribution >= 0.6 is 23.1 Å². The van der Waals surface area contributed by atoms with Crippen LogP contribution in [0, 0.1) is 0 Å². The quantitative estimate of drug-likeness (QED) is 0.159. The molecule has 11 aromatic rings. The van der Waals surface area contributed by atoms with Gasteiger partial charge in [-0.05, 0) is 151 Å². The highest BCUT2D eigenvalue weighted by atomic mass is 32.2. The van der Waals surface area contributed by atoms with Crippen molar-refractivity contribution >= 4 is 107 Å². The van der Waals surface area contributed by atoms with Crippen LogP contribution in [0.1, 0.15) is 52.7 Å². The average molecular weight is 1010 g/mol. The minimum absolute atomic E-state index is 0.0152. The first-order valence-corrected chi connectivity index (χ1v) is 28.1. The Morgan fingerprint density at radius 2 is 0.829 bits per heavy atom. The Bertz CT molecular complexity index is 4040. The molecule has 0 aliphatic carbocycles. The van der Waals surface area contributed by atoms with Gasteiger partial charge in [-0.2, -0.15) is 0 Å². The molecule has 2 bridgehead atoms. The van der Waals surface area contributed by atoms with Crippen LogP contribution in [0.4, 0.5) is 51.2 Å². The van der Waals surface area contributed by atoms with Crippen LogP contribution < -0.4 is 30.4 Å². The predicted octanol–water partition coefficient (Wildman–Crippen LogP) is 18.5. The van der Waals surface area contributed by atoms with E-state index < -0.39 is 0 Å². The van der Waals surface area contributed by atoms with Crippen molar-refractivity contribution < 1.29 is 0 Å². The Morgan fingerprint density at radius 3 is 1.37 bits per heavy atom. The smallest absolute Gasteiger partial charge is 0.264 e. The lowest BCUT2D eigenvalue weighted by atomic mass is 9.36. The van der Waals surface area contributed by atoms with Crippen molar-refractivity contribution in [3.05, 3.63) is 242 Å². The summed E-state index contributed by atoms with van der Waals surface area (Å²) in [6.45, 7) is 13.8. The molecule has 6 heteroatoms. The number of benzene rings is 10. The third kappa shape index (κ3) is 7.72. The SMILES string of the molecule is CC(C)(C)c1ccc(N2c3ccc4c(c3)N(c3ccc(-c5ccccc5)cc3Sc3cc(-c5ccccc5)ccc32)c2cccc3c2B4c2sc4ccc(-c5ccccc5)cc4c2N3c2ccc(C(C)(C)C)cc2)cc1. The molecule has 3 aliphatic heterocycles. The molecule has 0 radical (unpaired) electrons. The van der Waals surface area contributed by atoms with Crippen molar-refractivity contribution in [1.29, 1.82) is 0 Å². The van der Waals surface area contributed by atoms with Gasteiger partial charge >= 0.3 is 0 Å². The normalized spacial score (nSPS) is 13.5. The van der Waals surface area contributed by atoms with Crippen LogP contribution in [0.2, 0.25) is 0 Å². The van der Waals surface area contributed by atoms with Gasteiger partial charge in [0.05, 0.1) is 17.1 Å². The molecule has 3 nitrogen and oxygen atoms in total. The van der Waals surface area contributed by atoms with Crippen LogP contribution in [-0.4, -0.2) is 6.71 Å². The van der Waals surface area contributed by atoms with E-state index >= 15 is 0 Å². The van der Waals surface area contributed by atoms with Crippen LogP contribution in [0.5, 0.6) is 0 Å². The van der Waals surface area contributed by atoms with Crippen molar-refractivity contribution in [2.45, 2.75) is 62.2 Å². The first kappa shape index (κ1) is 46.5. The fourth-order valence-corrected chi connectivity index (χ4v) is 14.3. The Kier molecular flexibility index (Phi) is 10.9. The summed E-state index contributed by atoms with van der Waals surface area (Å²) in [6.07, 6.45) is 0. The number of anilines is 9. The summed E-state index contributed by atoms with van der Waals surface area (Å²) in [5.74, 6) is 0. The topological polar surface area (TPSA) is 9.72 Å². The monoisotopic (exact) mass is 1010 g/mol. The Labute approximate surface area is 455 Å². The summed E-state index contributed by atoms with van der Waals surface area (Å²) in [4.78, 5) is 10.1. The molecule has 0 fully saturated rings. The average Bonchev–Trinajstić information content (AvgIpc) is 3.99. The van der Waals surface area contributed by atoms with Crippen molar-refractivity contribution in [2.75, 3.05) is 14.7 Å². The highest BCUT2D eigenvalue weighted by Gasteiger charge is 2.46. The van der Waals surface area contributed by atoms with E-state index in [1.807, 2.05) is 23.1 Å². The van der Waals surface area contributed by atoms with Gasteiger partial charge in [-0.25, -0.2) is 0 Å². The van der Waals surface area contributed by atoms with Gasteiger partial charge in [0.2, 0.25) is 0 Å². The molecule has 0 N–H and O–H groups in total. The van der Waals surface area contributed by atoms with Gasteiger partial charge in [-0.3, -0.25) is 0 Å². The van der Waals surface area contributed by atoms with Crippen molar-refractivity contribution in [2.24, 2.45) is 0 Å². The minimum atomic E-state index is -0.0213. The number of hydrogen-bond donors (Lipinski definition) is 0. The van der Waals surface area contributed by atoms with Crippen molar-refractivity contribution in [3.63, 3.8) is 0 Å². The minimum Gasteiger partial charge on any atom is -0.310 e. The maximum Gasteiger partial charge on any atom is 0.264 e. The standard InChI is InChI=1S/C70H56BN3S2/c1-69(2,3)51-28-32-53(33-29-51)72-55-36-37-57-62(44-55)74(59-39-26-50(47-21-14-9-15-22-47)43-65(59)75-64-42-49(25-38-58(64)72)46-19-12-8-13-20-46)61-24-16-23-60-66(61)71(57)68-67(73(60)54-34-30-52(31-35-54)70(4,5)6)56-41-48(27-40-63(56)76-68)45-17-10-7-11-18-45/h7-44H,1-6H3. The molecular weight excluding hydrogens is 958 g/mol. The van der Waals surface area contributed by atoms with Crippen molar-refractivity contribution in [1.82, 2.24) is 0 Å². The van der Waals surface area contributed by atoms with Gasteiger partial charge in [-0.1, -0.05) is 199 Å². The second kappa shape index (κ2) is 17.8. The zero-order valence-electron chi connectivity index (χ0n) is 43.7.